The Labute approximate surface area is 158 Å². The van der Waals surface area contributed by atoms with Crippen LogP contribution in [0.5, 0.6) is 0 Å². The van der Waals surface area contributed by atoms with Gasteiger partial charge in [0.1, 0.15) is 0 Å². The minimum atomic E-state index is -3.63. The number of sulfonamides is 1. The predicted octanol–water partition coefficient (Wildman–Crippen LogP) is 3.30. The average Bonchev–Trinajstić information content (AvgIpc) is 3.03. The smallest absolute Gasteiger partial charge is 0.257 e. The Kier molecular flexibility index (Phi) is 5.45. The first kappa shape index (κ1) is 19.0. The molecular weight excluding hydrogens is 370 g/mol. The third kappa shape index (κ3) is 3.82. The highest BCUT2D eigenvalue weighted by Crippen LogP contribution is 2.30. The van der Waals surface area contributed by atoms with Crippen molar-refractivity contribution in [3.05, 3.63) is 40.4 Å². The summed E-state index contributed by atoms with van der Waals surface area (Å²) < 4.78 is 26.5. The summed E-state index contributed by atoms with van der Waals surface area (Å²) in [5.41, 5.74) is 1.38. The van der Waals surface area contributed by atoms with Crippen molar-refractivity contribution in [1.29, 1.82) is 0 Å². The van der Waals surface area contributed by atoms with E-state index in [-0.39, 0.29) is 16.8 Å². The zero-order valence-corrected chi connectivity index (χ0v) is 16.8. The molecule has 0 radical (unpaired) electrons. The maximum atomic E-state index is 12.6. The van der Waals surface area contributed by atoms with E-state index in [0.29, 0.717) is 10.7 Å². The van der Waals surface area contributed by atoms with Crippen LogP contribution in [0.4, 0.5) is 5.13 Å². The molecule has 1 aromatic carbocycles. The van der Waals surface area contributed by atoms with Crippen molar-refractivity contribution in [1.82, 2.24) is 9.29 Å². The standard InChI is InChI=1S/C18H23N3O3S2/c1-12(2)21(3)26(23,24)14-8-6-7-13(11-14)17(22)20-18-19-15-9-4-5-10-16(15)25-18/h6-8,11-12H,4-5,9-10H2,1-3H3,(H,19,20,22). The van der Waals surface area contributed by atoms with E-state index in [1.54, 1.807) is 26.0 Å². The highest BCUT2D eigenvalue weighted by Gasteiger charge is 2.24. The SMILES string of the molecule is CC(C)N(C)S(=O)(=O)c1cccc(C(=O)Nc2nc3c(s2)CCCC3)c1. The Hall–Kier alpha value is -1.77. The molecule has 140 valence electrons. The molecule has 0 saturated carbocycles. The summed E-state index contributed by atoms with van der Waals surface area (Å²) in [6.07, 6.45) is 4.26. The Bertz CT molecular complexity index is 896. The molecule has 1 aliphatic rings. The molecule has 1 aliphatic carbocycles. The molecule has 6 nitrogen and oxygen atoms in total. The number of fused-ring (bicyclic) bond motifs is 1. The number of aromatic nitrogens is 1. The fourth-order valence-electron chi connectivity index (χ4n) is 2.82. The first-order valence-corrected chi connectivity index (χ1v) is 10.9. The van der Waals surface area contributed by atoms with Gasteiger partial charge in [-0.25, -0.2) is 13.4 Å². The molecule has 26 heavy (non-hydrogen) atoms. The van der Waals surface area contributed by atoms with Crippen LogP contribution < -0.4 is 5.32 Å². The summed E-state index contributed by atoms with van der Waals surface area (Å²) in [4.78, 5) is 18.4. The van der Waals surface area contributed by atoms with Crippen molar-refractivity contribution in [2.45, 2.75) is 50.5 Å². The van der Waals surface area contributed by atoms with Gasteiger partial charge in [0.15, 0.2) is 5.13 Å². The Morgan fingerprint density at radius 1 is 1.27 bits per heavy atom. The summed E-state index contributed by atoms with van der Waals surface area (Å²) in [6, 6.07) is 5.95. The molecule has 1 N–H and O–H groups in total. The monoisotopic (exact) mass is 393 g/mol. The number of aryl methyl sites for hydroxylation is 2. The van der Waals surface area contributed by atoms with Crippen molar-refractivity contribution >= 4 is 32.4 Å². The zero-order valence-electron chi connectivity index (χ0n) is 15.2. The lowest BCUT2D eigenvalue weighted by Crippen LogP contribution is -2.33. The van der Waals surface area contributed by atoms with Crippen LogP contribution in [0.25, 0.3) is 0 Å². The van der Waals surface area contributed by atoms with Gasteiger partial charge in [0, 0.05) is 23.5 Å². The molecule has 8 heteroatoms. The van der Waals surface area contributed by atoms with Gasteiger partial charge in [-0.3, -0.25) is 10.1 Å². The van der Waals surface area contributed by atoms with E-state index in [1.165, 1.54) is 39.7 Å². The van der Waals surface area contributed by atoms with Crippen molar-refractivity contribution in [2.24, 2.45) is 0 Å². The molecule has 0 atom stereocenters. The maximum Gasteiger partial charge on any atom is 0.257 e. The molecular formula is C18H23N3O3S2. The minimum Gasteiger partial charge on any atom is -0.298 e. The van der Waals surface area contributed by atoms with E-state index in [2.05, 4.69) is 10.3 Å². The van der Waals surface area contributed by atoms with E-state index in [1.807, 2.05) is 0 Å². The fourth-order valence-corrected chi connectivity index (χ4v) is 5.28. The summed E-state index contributed by atoms with van der Waals surface area (Å²) in [6.45, 7) is 3.61. The highest BCUT2D eigenvalue weighted by atomic mass is 32.2. The normalized spacial score (nSPS) is 14.5. The van der Waals surface area contributed by atoms with Crippen LogP contribution >= 0.6 is 11.3 Å². The lowest BCUT2D eigenvalue weighted by Gasteiger charge is -2.21. The number of hydrogen-bond acceptors (Lipinski definition) is 5. The number of nitrogens with zero attached hydrogens (tertiary/aromatic N) is 2. The Balaban J connectivity index is 1.81. The summed E-state index contributed by atoms with van der Waals surface area (Å²) in [5, 5.41) is 3.38. The lowest BCUT2D eigenvalue weighted by atomic mass is 10.0. The number of carbonyl (C=O) groups is 1. The molecule has 0 saturated heterocycles. The maximum absolute atomic E-state index is 12.6. The molecule has 2 aromatic rings. The second-order valence-electron chi connectivity index (χ2n) is 6.69. The first-order chi connectivity index (χ1) is 12.3. The highest BCUT2D eigenvalue weighted by molar-refractivity contribution is 7.89. The number of nitrogens with one attached hydrogen (secondary N) is 1. The number of anilines is 1. The van der Waals surface area contributed by atoms with Gasteiger partial charge in [0.25, 0.3) is 5.91 Å². The molecule has 0 spiro atoms. The quantitative estimate of drug-likeness (QED) is 0.845. The van der Waals surface area contributed by atoms with Gasteiger partial charge in [0.05, 0.1) is 10.6 Å². The Morgan fingerprint density at radius 3 is 2.69 bits per heavy atom. The van der Waals surface area contributed by atoms with Gasteiger partial charge in [-0.05, 0) is 57.7 Å². The zero-order chi connectivity index (χ0) is 18.9. The van der Waals surface area contributed by atoms with E-state index < -0.39 is 10.0 Å². The van der Waals surface area contributed by atoms with Gasteiger partial charge in [-0.15, -0.1) is 11.3 Å². The van der Waals surface area contributed by atoms with E-state index in [9.17, 15) is 13.2 Å². The topological polar surface area (TPSA) is 79.4 Å². The molecule has 0 unspecified atom stereocenters. The van der Waals surface area contributed by atoms with Gasteiger partial charge in [-0.1, -0.05) is 6.07 Å². The van der Waals surface area contributed by atoms with Gasteiger partial charge in [-0.2, -0.15) is 4.31 Å². The number of benzene rings is 1. The largest absolute Gasteiger partial charge is 0.298 e. The van der Waals surface area contributed by atoms with E-state index in [0.717, 1.165) is 31.4 Å². The van der Waals surface area contributed by atoms with Crippen LogP contribution in [0.15, 0.2) is 29.2 Å². The van der Waals surface area contributed by atoms with Crippen LogP contribution in [0.1, 0.15) is 47.6 Å². The first-order valence-electron chi connectivity index (χ1n) is 8.67. The molecule has 0 aliphatic heterocycles. The average molecular weight is 394 g/mol. The van der Waals surface area contributed by atoms with Crippen LogP contribution in [-0.4, -0.2) is 36.7 Å². The van der Waals surface area contributed by atoms with Crippen molar-refractivity contribution in [3.63, 3.8) is 0 Å². The molecule has 0 bridgehead atoms. The molecule has 0 fully saturated rings. The van der Waals surface area contributed by atoms with Crippen LogP contribution in [-0.2, 0) is 22.9 Å². The van der Waals surface area contributed by atoms with Crippen LogP contribution in [0.2, 0.25) is 0 Å². The third-order valence-electron chi connectivity index (χ3n) is 4.57. The summed E-state index contributed by atoms with van der Waals surface area (Å²) in [5.74, 6) is -0.347. The summed E-state index contributed by atoms with van der Waals surface area (Å²) >= 11 is 1.51. The Morgan fingerprint density at radius 2 is 2.00 bits per heavy atom. The molecule has 1 heterocycles. The van der Waals surface area contributed by atoms with Crippen LogP contribution in [0, 0.1) is 0 Å². The summed E-state index contributed by atoms with van der Waals surface area (Å²) in [7, 11) is -2.09. The fraction of sp³-hybridized carbons (Fsp3) is 0.444. The lowest BCUT2D eigenvalue weighted by molar-refractivity contribution is 0.102. The van der Waals surface area contributed by atoms with E-state index >= 15 is 0 Å². The van der Waals surface area contributed by atoms with Crippen LogP contribution in [0.3, 0.4) is 0 Å². The number of thiazole rings is 1. The number of rotatable bonds is 5. The van der Waals surface area contributed by atoms with Gasteiger partial charge in [0.2, 0.25) is 10.0 Å². The van der Waals surface area contributed by atoms with Crippen molar-refractivity contribution < 1.29 is 13.2 Å². The van der Waals surface area contributed by atoms with Crippen molar-refractivity contribution in [2.75, 3.05) is 12.4 Å². The number of hydrogen-bond donors (Lipinski definition) is 1. The molecule has 3 rings (SSSR count). The van der Waals surface area contributed by atoms with Gasteiger partial charge < -0.3 is 0 Å². The predicted molar refractivity (Wildman–Crippen MR) is 103 cm³/mol. The number of carbonyl (C=O) groups excluding carboxylic acids is 1. The van der Waals surface area contributed by atoms with Crippen molar-refractivity contribution in [3.8, 4) is 0 Å². The molecule has 1 aromatic heterocycles. The second kappa shape index (κ2) is 7.46. The van der Waals surface area contributed by atoms with E-state index in [4.69, 9.17) is 0 Å². The minimum absolute atomic E-state index is 0.111. The molecule has 1 amide bonds. The third-order valence-corrected chi connectivity index (χ3v) is 7.67. The van der Waals surface area contributed by atoms with Gasteiger partial charge >= 0.3 is 0 Å². The second-order valence-corrected chi connectivity index (χ2v) is 9.77. The number of amides is 1.